The van der Waals surface area contributed by atoms with Crippen LogP contribution in [0.3, 0.4) is 0 Å². The third kappa shape index (κ3) is 2.80. The number of methoxy groups -OCH3 is 2. The quantitative estimate of drug-likeness (QED) is 0.688. The van der Waals surface area contributed by atoms with Crippen LogP contribution in [0, 0.1) is 23.7 Å². The van der Waals surface area contributed by atoms with Gasteiger partial charge in [0.1, 0.15) is 34.3 Å². The van der Waals surface area contributed by atoms with Crippen molar-refractivity contribution < 1.29 is 13.9 Å². The third-order valence-corrected chi connectivity index (χ3v) is 3.80. The molecule has 0 aliphatic carbocycles. The van der Waals surface area contributed by atoms with Gasteiger partial charge >= 0.3 is 0 Å². The summed E-state index contributed by atoms with van der Waals surface area (Å²) in [5.74, 6) is 3.69. The van der Waals surface area contributed by atoms with E-state index in [1.807, 2.05) is 6.07 Å². The second-order valence-corrected chi connectivity index (χ2v) is 5.19. The predicted octanol–water partition coefficient (Wildman–Crippen LogP) is 3.33. The number of hydrogen-bond acceptors (Lipinski definition) is 5. The van der Waals surface area contributed by atoms with E-state index in [2.05, 4.69) is 5.92 Å². The lowest BCUT2D eigenvalue weighted by Gasteiger charge is -2.09. The minimum atomic E-state index is -0.248. The fourth-order valence-electron chi connectivity index (χ4n) is 2.56. The van der Waals surface area contributed by atoms with E-state index in [4.69, 9.17) is 25.6 Å². The van der Waals surface area contributed by atoms with Crippen LogP contribution < -0.4 is 14.9 Å². The van der Waals surface area contributed by atoms with Crippen molar-refractivity contribution in [3.8, 4) is 41.2 Å². The van der Waals surface area contributed by atoms with Crippen LogP contribution in [0.2, 0.25) is 0 Å². The molecule has 0 bridgehead atoms. The van der Waals surface area contributed by atoms with E-state index in [9.17, 15) is 4.79 Å². The second kappa shape index (κ2) is 6.43. The number of nitriles is 1. The van der Waals surface area contributed by atoms with Gasteiger partial charge < -0.3 is 13.9 Å². The first-order chi connectivity index (χ1) is 12.1. The second-order valence-electron chi connectivity index (χ2n) is 5.19. The number of hydrogen-bond donors (Lipinski definition) is 0. The predicted molar refractivity (Wildman–Crippen MR) is 93.7 cm³/mol. The zero-order chi connectivity index (χ0) is 18.0. The van der Waals surface area contributed by atoms with Crippen molar-refractivity contribution >= 4 is 11.0 Å². The highest BCUT2D eigenvalue weighted by Gasteiger charge is 2.14. The van der Waals surface area contributed by atoms with Crippen LogP contribution in [0.5, 0.6) is 11.5 Å². The van der Waals surface area contributed by atoms with Crippen LogP contribution in [-0.4, -0.2) is 14.2 Å². The van der Waals surface area contributed by atoms with Crippen LogP contribution in [0.1, 0.15) is 11.1 Å². The van der Waals surface area contributed by atoms with Gasteiger partial charge in [-0.1, -0.05) is 5.92 Å². The number of terminal acetylenes is 1. The maximum atomic E-state index is 12.6. The van der Waals surface area contributed by atoms with Crippen molar-refractivity contribution in [1.29, 1.82) is 5.26 Å². The van der Waals surface area contributed by atoms with Gasteiger partial charge in [0, 0.05) is 29.3 Å². The number of ether oxygens (including phenoxy) is 2. The Bertz CT molecular complexity index is 1110. The minimum absolute atomic E-state index is 0.248. The molecule has 5 heteroatoms. The van der Waals surface area contributed by atoms with Gasteiger partial charge in [0.15, 0.2) is 5.43 Å². The Kier molecular flexibility index (Phi) is 4.16. The molecule has 2 aromatic carbocycles. The lowest BCUT2D eigenvalue weighted by Crippen LogP contribution is -2.03. The lowest BCUT2D eigenvalue weighted by molar-refractivity contribution is 0.396. The van der Waals surface area contributed by atoms with Crippen molar-refractivity contribution in [2.45, 2.75) is 0 Å². The molecule has 0 unspecified atom stereocenters. The van der Waals surface area contributed by atoms with E-state index < -0.39 is 0 Å². The van der Waals surface area contributed by atoms with Gasteiger partial charge in [-0.05, 0) is 18.2 Å². The first-order valence-electron chi connectivity index (χ1n) is 7.32. The van der Waals surface area contributed by atoms with Crippen molar-refractivity contribution in [3.05, 3.63) is 57.7 Å². The van der Waals surface area contributed by atoms with Crippen molar-refractivity contribution in [3.63, 3.8) is 0 Å². The highest BCUT2D eigenvalue weighted by molar-refractivity contribution is 5.86. The maximum absolute atomic E-state index is 12.6. The molecule has 0 atom stereocenters. The summed E-state index contributed by atoms with van der Waals surface area (Å²) in [5, 5.41) is 9.40. The molecule has 122 valence electrons. The van der Waals surface area contributed by atoms with Crippen LogP contribution in [-0.2, 0) is 0 Å². The summed E-state index contributed by atoms with van der Waals surface area (Å²) >= 11 is 0. The highest BCUT2D eigenvalue weighted by atomic mass is 16.5. The molecule has 0 fully saturated rings. The van der Waals surface area contributed by atoms with E-state index in [0.717, 1.165) is 0 Å². The summed E-state index contributed by atoms with van der Waals surface area (Å²) < 4.78 is 16.3. The van der Waals surface area contributed by atoms with Gasteiger partial charge in [-0.3, -0.25) is 4.79 Å². The molecule has 25 heavy (non-hydrogen) atoms. The smallest absolute Gasteiger partial charge is 0.197 e. The number of benzene rings is 2. The monoisotopic (exact) mass is 331 g/mol. The topological polar surface area (TPSA) is 72.5 Å². The summed E-state index contributed by atoms with van der Waals surface area (Å²) in [6.07, 6.45) is 5.44. The fraction of sp³-hybridized carbons (Fsp3) is 0.100. The van der Waals surface area contributed by atoms with Crippen molar-refractivity contribution in [2.75, 3.05) is 14.2 Å². The molecular formula is C20H13NO4. The Labute approximate surface area is 144 Å². The Morgan fingerprint density at radius 2 is 1.88 bits per heavy atom. The fourth-order valence-corrected chi connectivity index (χ4v) is 2.56. The molecule has 1 heterocycles. The largest absolute Gasteiger partial charge is 0.496 e. The Hall–Kier alpha value is -3.70. The van der Waals surface area contributed by atoms with Gasteiger partial charge in [-0.15, -0.1) is 6.42 Å². The maximum Gasteiger partial charge on any atom is 0.197 e. The first-order valence-corrected chi connectivity index (χ1v) is 7.32. The molecule has 0 radical (unpaired) electrons. The molecule has 0 N–H and O–H groups in total. The molecule has 0 aliphatic rings. The molecular weight excluding hydrogens is 318 g/mol. The number of rotatable bonds is 3. The van der Waals surface area contributed by atoms with Gasteiger partial charge in [0.05, 0.1) is 19.8 Å². The van der Waals surface area contributed by atoms with Crippen molar-refractivity contribution in [2.24, 2.45) is 0 Å². The van der Waals surface area contributed by atoms with E-state index in [0.29, 0.717) is 44.9 Å². The van der Waals surface area contributed by atoms with E-state index >= 15 is 0 Å². The number of fused-ring (bicyclic) bond motifs is 1. The molecule has 1 aromatic heterocycles. The molecule has 5 nitrogen and oxygen atoms in total. The molecule has 0 aliphatic heterocycles. The molecule has 0 spiro atoms. The van der Waals surface area contributed by atoms with Gasteiger partial charge in [0.25, 0.3) is 0 Å². The van der Waals surface area contributed by atoms with E-state index in [1.165, 1.54) is 20.3 Å². The summed E-state index contributed by atoms with van der Waals surface area (Å²) in [5.41, 5.74) is 1.52. The average Bonchev–Trinajstić information content (AvgIpc) is 2.65. The van der Waals surface area contributed by atoms with Crippen molar-refractivity contribution in [1.82, 2.24) is 0 Å². The van der Waals surface area contributed by atoms with E-state index in [1.54, 1.807) is 30.3 Å². The molecule has 3 aromatic rings. The van der Waals surface area contributed by atoms with Gasteiger partial charge in [0.2, 0.25) is 0 Å². The molecule has 0 saturated carbocycles. The highest BCUT2D eigenvalue weighted by Crippen LogP contribution is 2.32. The standard InChI is InChI=1S/C20H13NO4/c1-4-12-7-13(5-6-14(12)11-21)17-10-16(22)20-18(24-3)8-15(23-2)9-19(20)25-17/h1,5-10H,2-3H3. The van der Waals surface area contributed by atoms with Crippen LogP contribution >= 0.6 is 0 Å². The van der Waals surface area contributed by atoms with E-state index in [-0.39, 0.29) is 5.43 Å². The lowest BCUT2D eigenvalue weighted by atomic mass is 10.0. The zero-order valence-electron chi connectivity index (χ0n) is 13.6. The third-order valence-electron chi connectivity index (χ3n) is 3.80. The Morgan fingerprint density at radius 1 is 1.08 bits per heavy atom. The van der Waals surface area contributed by atoms with Gasteiger partial charge in [-0.2, -0.15) is 5.26 Å². The Morgan fingerprint density at radius 3 is 2.52 bits per heavy atom. The normalized spacial score (nSPS) is 10.1. The van der Waals surface area contributed by atoms with Gasteiger partial charge in [-0.25, -0.2) is 0 Å². The zero-order valence-corrected chi connectivity index (χ0v) is 13.6. The summed E-state index contributed by atoms with van der Waals surface area (Å²) in [6.45, 7) is 0. The summed E-state index contributed by atoms with van der Waals surface area (Å²) in [6, 6.07) is 11.6. The first kappa shape index (κ1) is 16.2. The molecule has 3 rings (SSSR count). The summed E-state index contributed by atoms with van der Waals surface area (Å²) in [4.78, 5) is 12.6. The minimum Gasteiger partial charge on any atom is -0.496 e. The number of nitrogens with zero attached hydrogens (tertiary/aromatic N) is 1. The molecule has 0 saturated heterocycles. The molecule has 0 amide bonds. The van der Waals surface area contributed by atoms with Crippen LogP contribution in [0.25, 0.3) is 22.3 Å². The SMILES string of the molecule is C#Cc1cc(-c2cc(=O)c3c(OC)cc(OC)cc3o2)ccc1C#N. The van der Waals surface area contributed by atoms with Crippen LogP contribution in [0.4, 0.5) is 0 Å². The average molecular weight is 331 g/mol. The van der Waals surface area contributed by atoms with Crippen LogP contribution in [0.15, 0.2) is 45.6 Å². The Balaban J connectivity index is 2.28. The summed E-state index contributed by atoms with van der Waals surface area (Å²) in [7, 11) is 2.99.